The predicted octanol–water partition coefficient (Wildman–Crippen LogP) is 2.50. The van der Waals surface area contributed by atoms with Gasteiger partial charge < -0.3 is 10.1 Å². The topological polar surface area (TPSA) is 21.3 Å². The highest BCUT2D eigenvalue weighted by molar-refractivity contribution is 5.37. The van der Waals surface area contributed by atoms with Crippen molar-refractivity contribution in [1.29, 1.82) is 0 Å². The third-order valence-corrected chi connectivity index (χ3v) is 2.92. The van der Waals surface area contributed by atoms with E-state index in [1.54, 1.807) is 19.2 Å². The van der Waals surface area contributed by atoms with Crippen LogP contribution in [0.2, 0.25) is 0 Å². The molecule has 82 valence electrons. The second-order valence-electron chi connectivity index (χ2n) is 4.19. The summed E-state index contributed by atoms with van der Waals surface area (Å²) < 4.78 is 18.4. The zero-order chi connectivity index (χ0) is 10.8. The largest absolute Gasteiger partial charge is 0.496 e. The average Bonchev–Trinajstić information content (AvgIpc) is 2.65. The number of hydrogen-bond acceptors (Lipinski definition) is 2. The lowest BCUT2D eigenvalue weighted by molar-refractivity contribution is 0.401. The monoisotopic (exact) mass is 209 g/mol. The summed E-state index contributed by atoms with van der Waals surface area (Å²) in [6.45, 7) is 3.18. The van der Waals surface area contributed by atoms with E-state index in [0.717, 1.165) is 24.3 Å². The van der Waals surface area contributed by atoms with Gasteiger partial charge in [0.2, 0.25) is 0 Å². The Kier molecular flexibility index (Phi) is 2.91. The fourth-order valence-corrected chi connectivity index (χ4v) is 2.13. The molecule has 15 heavy (non-hydrogen) atoms. The molecule has 0 saturated carbocycles. The molecule has 0 aliphatic carbocycles. The molecule has 1 aliphatic heterocycles. The van der Waals surface area contributed by atoms with Crippen LogP contribution in [0.25, 0.3) is 0 Å². The zero-order valence-corrected chi connectivity index (χ0v) is 9.09. The lowest BCUT2D eigenvalue weighted by Gasteiger charge is -2.14. The molecule has 0 radical (unpaired) electrons. The van der Waals surface area contributed by atoms with Gasteiger partial charge in [0.25, 0.3) is 0 Å². The minimum Gasteiger partial charge on any atom is -0.496 e. The molecule has 0 aromatic heterocycles. The lowest BCUT2D eigenvalue weighted by Crippen LogP contribution is -2.14. The first-order valence-electron chi connectivity index (χ1n) is 5.27. The molecule has 0 amide bonds. The maximum atomic E-state index is 13.2. The predicted molar refractivity (Wildman–Crippen MR) is 57.5 cm³/mol. The smallest absolute Gasteiger partial charge is 0.123 e. The van der Waals surface area contributed by atoms with Gasteiger partial charge in [-0.05, 0) is 37.1 Å². The summed E-state index contributed by atoms with van der Waals surface area (Å²) in [4.78, 5) is 0. The van der Waals surface area contributed by atoms with Crippen molar-refractivity contribution in [2.24, 2.45) is 5.92 Å². The molecule has 2 rings (SSSR count). The maximum Gasteiger partial charge on any atom is 0.123 e. The fraction of sp³-hybridized carbons (Fsp3) is 0.500. The number of ether oxygens (including phenoxy) is 1. The van der Waals surface area contributed by atoms with Crippen molar-refractivity contribution in [2.75, 3.05) is 13.7 Å². The molecule has 1 aromatic carbocycles. The number of nitrogens with one attached hydrogen (secondary N) is 1. The minimum atomic E-state index is -0.202. The van der Waals surface area contributed by atoms with E-state index in [1.807, 2.05) is 0 Å². The molecule has 1 heterocycles. The number of hydrogen-bond donors (Lipinski definition) is 1. The van der Waals surface area contributed by atoms with Crippen molar-refractivity contribution in [3.8, 4) is 5.75 Å². The third-order valence-electron chi connectivity index (χ3n) is 2.92. The molecule has 3 heteroatoms. The second kappa shape index (κ2) is 4.19. The Morgan fingerprint density at radius 3 is 2.87 bits per heavy atom. The van der Waals surface area contributed by atoms with E-state index < -0.39 is 0 Å². The lowest BCUT2D eigenvalue weighted by atomic mass is 10.0. The van der Waals surface area contributed by atoms with E-state index in [-0.39, 0.29) is 11.9 Å². The highest BCUT2D eigenvalue weighted by atomic mass is 19.1. The summed E-state index contributed by atoms with van der Waals surface area (Å²) in [6, 6.07) is 4.91. The summed E-state index contributed by atoms with van der Waals surface area (Å²) >= 11 is 0. The molecule has 1 aromatic rings. The molecule has 0 spiro atoms. The van der Waals surface area contributed by atoms with Crippen LogP contribution in [-0.2, 0) is 0 Å². The SMILES string of the molecule is COc1ccc(F)cc1C1C[C@@H](C)CN1. The fourth-order valence-electron chi connectivity index (χ4n) is 2.13. The van der Waals surface area contributed by atoms with Crippen molar-refractivity contribution < 1.29 is 9.13 Å². The van der Waals surface area contributed by atoms with Crippen molar-refractivity contribution in [3.63, 3.8) is 0 Å². The van der Waals surface area contributed by atoms with Gasteiger partial charge in [0.05, 0.1) is 7.11 Å². The van der Waals surface area contributed by atoms with Crippen LogP contribution in [0.15, 0.2) is 18.2 Å². The Balaban J connectivity index is 2.29. The zero-order valence-electron chi connectivity index (χ0n) is 9.09. The highest BCUT2D eigenvalue weighted by Crippen LogP contribution is 2.33. The molecule has 2 nitrogen and oxygen atoms in total. The van der Waals surface area contributed by atoms with Crippen LogP contribution in [0, 0.1) is 11.7 Å². The molecule has 1 fully saturated rings. The Morgan fingerprint density at radius 1 is 1.47 bits per heavy atom. The van der Waals surface area contributed by atoms with Crippen LogP contribution in [0.4, 0.5) is 4.39 Å². The van der Waals surface area contributed by atoms with E-state index in [4.69, 9.17) is 4.74 Å². The molecule has 1 unspecified atom stereocenters. The Bertz CT molecular complexity index is 353. The molecule has 1 saturated heterocycles. The third kappa shape index (κ3) is 2.12. The van der Waals surface area contributed by atoms with Gasteiger partial charge in [-0.1, -0.05) is 6.92 Å². The van der Waals surface area contributed by atoms with Crippen molar-refractivity contribution in [1.82, 2.24) is 5.32 Å². The Hall–Kier alpha value is -1.09. The molecule has 1 N–H and O–H groups in total. The number of halogens is 1. The van der Waals surface area contributed by atoms with Gasteiger partial charge in [-0.2, -0.15) is 0 Å². The van der Waals surface area contributed by atoms with Crippen molar-refractivity contribution in [2.45, 2.75) is 19.4 Å². The van der Waals surface area contributed by atoms with Gasteiger partial charge in [-0.3, -0.25) is 0 Å². The van der Waals surface area contributed by atoms with Gasteiger partial charge in [-0.25, -0.2) is 4.39 Å². The van der Waals surface area contributed by atoms with Crippen LogP contribution in [0.1, 0.15) is 24.9 Å². The summed E-state index contributed by atoms with van der Waals surface area (Å²) in [5.41, 5.74) is 0.932. The minimum absolute atomic E-state index is 0.202. The first-order chi connectivity index (χ1) is 7.20. The van der Waals surface area contributed by atoms with Gasteiger partial charge in [0.1, 0.15) is 11.6 Å². The van der Waals surface area contributed by atoms with Gasteiger partial charge in [-0.15, -0.1) is 0 Å². The van der Waals surface area contributed by atoms with Gasteiger partial charge in [0, 0.05) is 11.6 Å². The summed E-state index contributed by atoms with van der Waals surface area (Å²) in [6.07, 6.45) is 1.04. The van der Waals surface area contributed by atoms with E-state index >= 15 is 0 Å². The molecular formula is C12H16FNO. The first kappa shape index (κ1) is 10.4. The van der Waals surface area contributed by atoms with Gasteiger partial charge >= 0.3 is 0 Å². The molecule has 1 aliphatic rings. The van der Waals surface area contributed by atoms with E-state index in [1.165, 1.54) is 6.07 Å². The molecule has 2 atom stereocenters. The maximum absolute atomic E-state index is 13.2. The quantitative estimate of drug-likeness (QED) is 0.808. The van der Waals surface area contributed by atoms with Crippen LogP contribution < -0.4 is 10.1 Å². The van der Waals surface area contributed by atoms with Crippen LogP contribution >= 0.6 is 0 Å². The standard InChI is InChI=1S/C12H16FNO/c1-8-5-11(14-7-8)10-6-9(13)3-4-12(10)15-2/h3-4,6,8,11,14H,5,7H2,1-2H3/t8-,11?/m1/s1. The number of rotatable bonds is 2. The Morgan fingerprint density at radius 2 is 2.27 bits per heavy atom. The van der Waals surface area contributed by atoms with E-state index in [0.29, 0.717) is 5.92 Å². The molecule has 0 bridgehead atoms. The van der Waals surface area contributed by atoms with Crippen molar-refractivity contribution in [3.05, 3.63) is 29.6 Å². The van der Waals surface area contributed by atoms with Crippen LogP contribution in [0.5, 0.6) is 5.75 Å². The van der Waals surface area contributed by atoms with E-state index in [2.05, 4.69) is 12.2 Å². The second-order valence-corrected chi connectivity index (χ2v) is 4.19. The number of methoxy groups -OCH3 is 1. The first-order valence-corrected chi connectivity index (χ1v) is 5.27. The highest BCUT2D eigenvalue weighted by Gasteiger charge is 2.24. The van der Waals surface area contributed by atoms with Crippen molar-refractivity contribution >= 4 is 0 Å². The average molecular weight is 209 g/mol. The number of benzene rings is 1. The van der Waals surface area contributed by atoms with Crippen LogP contribution in [-0.4, -0.2) is 13.7 Å². The van der Waals surface area contributed by atoms with Gasteiger partial charge in [0.15, 0.2) is 0 Å². The normalized spacial score (nSPS) is 25.5. The summed E-state index contributed by atoms with van der Waals surface area (Å²) in [5.74, 6) is 1.21. The summed E-state index contributed by atoms with van der Waals surface area (Å²) in [7, 11) is 1.62. The Labute approximate surface area is 89.4 Å². The van der Waals surface area contributed by atoms with Crippen LogP contribution in [0.3, 0.4) is 0 Å². The van der Waals surface area contributed by atoms with E-state index in [9.17, 15) is 4.39 Å². The summed E-state index contributed by atoms with van der Waals surface area (Å²) in [5, 5.41) is 3.38. The molecular weight excluding hydrogens is 193 g/mol.